The summed E-state index contributed by atoms with van der Waals surface area (Å²) in [5, 5.41) is 0.225. The van der Waals surface area contributed by atoms with E-state index >= 15 is 0 Å². The van der Waals surface area contributed by atoms with Gasteiger partial charge in [0.05, 0.1) is 7.11 Å². The Morgan fingerprint density at radius 3 is 2.57 bits per heavy atom. The highest BCUT2D eigenvalue weighted by Crippen LogP contribution is 2.43. The maximum absolute atomic E-state index is 13.1. The zero-order valence-electron chi connectivity index (χ0n) is 13.5. The molecule has 0 aromatic carbocycles. The van der Waals surface area contributed by atoms with E-state index in [1.54, 1.807) is 6.08 Å². The zero-order valence-corrected chi connectivity index (χ0v) is 15.1. The molecule has 7 heteroatoms. The molecule has 5 nitrogen and oxygen atoms in total. The molecule has 1 aliphatic carbocycles. The molecule has 126 valence electrons. The third-order valence-electron chi connectivity index (χ3n) is 4.23. The fraction of sp³-hybridized carbons (Fsp3) is 0.500. The van der Waals surface area contributed by atoms with Gasteiger partial charge in [0.25, 0.3) is 17.2 Å². The smallest absolute Gasteiger partial charge is 0.273 e. The van der Waals surface area contributed by atoms with Gasteiger partial charge in [-0.3, -0.25) is 8.98 Å². The number of carbonyl (C=O) groups is 1. The van der Waals surface area contributed by atoms with Gasteiger partial charge in [-0.15, -0.1) is 0 Å². The Hall–Kier alpha value is -1.31. The van der Waals surface area contributed by atoms with Crippen molar-refractivity contribution < 1.29 is 13.2 Å². The van der Waals surface area contributed by atoms with Crippen LogP contribution < -0.4 is 0 Å². The van der Waals surface area contributed by atoms with Crippen LogP contribution in [0.5, 0.6) is 0 Å². The molecule has 1 saturated heterocycles. The topological polar surface area (TPSA) is 49.9 Å². The second-order valence-electron chi connectivity index (χ2n) is 5.52. The minimum absolute atomic E-state index is 0.225. The SMILES string of the molecule is C=C/C=C(\C=C/C)N1C(=S)N(S(=O)OC)C(=O)C12CCCCC2. The Morgan fingerprint density at radius 1 is 1.39 bits per heavy atom. The van der Waals surface area contributed by atoms with E-state index in [4.69, 9.17) is 16.4 Å². The van der Waals surface area contributed by atoms with Crippen LogP contribution in [0.1, 0.15) is 39.0 Å². The second kappa shape index (κ2) is 7.51. The monoisotopic (exact) mass is 354 g/mol. The lowest BCUT2D eigenvalue weighted by atomic mass is 9.80. The fourth-order valence-corrected chi connectivity index (χ4v) is 4.49. The molecule has 1 spiro atoms. The molecule has 2 aliphatic rings. The summed E-state index contributed by atoms with van der Waals surface area (Å²) in [4.78, 5) is 14.9. The van der Waals surface area contributed by atoms with Gasteiger partial charge >= 0.3 is 0 Å². The Labute approximate surface area is 145 Å². The minimum atomic E-state index is -1.91. The van der Waals surface area contributed by atoms with Crippen LogP contribution in [-0.2, 0) is 20.2 Å². The fourth-order valence-electron chi connectivity index (χ4n) is 3.28. The first-order valence-electron chi connectivity index (χ1n) is 7.64. The molecular weight excluding hydrogens is 332 g/mol. The van der Waals surface area contributed by atoms with Crippen LogP contribution in [0.15, 0.2) is 36.6 Å². The van der Waals surface area contributed by atoms with Crippen molar-refractivity contribution in [3.05, 3.63) is 36.6 Å². The normalized spacial score (nSPS) is 23.1. The lowest BCUT2D eigenvalue weighted by Gasteiger charge is -2.39. The zero-order chi connectivity index (χ0) is 17.0. The number of amides is 1. The predicted molar refractivity (Wildman–Crippen MR) is 95.3 cm³/mol. The van der Waals surface area contributed by atoms with Crippen LogP contribution in [0.2, 0.25) is 0 Å². The van der Waals surface area contributed by atoms with Crippen LogP contribution in [0.4, 0.5) is 0 Å². The van der Waals surface area contributed by atoms with Crippen LogP contribution in [0.25, 0.3) is 0 Å². The highest BCUT2D eigenvalue weighted by atomic mass is 32.2. The van der Waals surface area contributed by atoms with Gasteiger partial charge in [-0.2, -0.15) is 4.31 Å². The summed E-state index contributed by atoms with van der Waals surface area (Å²) in [5.41, 5.74) is 0.0103. The van der Waals surface area contributed by atoms with E-state index in [-0.39, 0.29) is 11.0 Å². The number of nitrogens with zero attached hydrogens (tertiary/aromatic N) is 2. The standard InChI is InChI=1S/C16H22N2O3S2/c1-4-9-13(10-5-2)17-15(22)18(23(20)21-3)14(19)16(17)11-7-6-8-12-16/h4-5,9-10H,1,6-8,11-12H2,2-3H3/b10-5-,13-9+. The molecule has 0 N–H and O–H groups in total. The molecule has 1 unspecified atom stereocenters. The van der Waals surface area contributed by atoms with Gasteiger partial charge in [0.15, 0.2) is 5.11 Å². The van der Waals surface area contributed by atoms with Gasteiger partial charge in [0, 0.05) is 5.70 Å². The number of rotatable bonds is 5. The van der Waals surface area contributed by atoms with Crippen molar-refractivity contribution in [2.75, 3.05) is 7.11 Å². The largest absolute Gasteiger partial charge is 0.302 e. The second-order valence-corrected chi connectivity index (χ2v) is 7.02. The molecule has 0 bridgehead atoms. The van der Waals surface area contributed by atoms with E-state index in [9.17, 15) is 9.00 Å². The number of thiocarbonyl (C=S) groups is 1. The Morgan fingerprint density at radius 2 is 2.04 bits per heavy atom. The molecule has 0 radical (unpaired) electrons. The summed E-state index contributed by atoms with van der Waals surface area (Å²) in [6.45, 7) is 5.64. The Bertz CT molecular complexity index is 592. The van der Waals surface area contributed by atoms with Crippen molar-refractivity contribution in [1.29, 1.82) is 0 Å². The van der Waals surface area contributed by atoms with Gasteiger partial charge in [-0.1, -0.05) is 38.0 Å². The van der Waals surface area contributed by atoms with Crippen molar-refractivity contribution >= 4 is 34.5 Å². The van der Waals surface area contributed by atoms with Crippen molar-refractivity contribution in [2.24, 2.45) is 0 Å². The van der Waals surface area contributed by atoms with Gasteiger partial charge in [-0.25, -0.2) is 4.21 Å². The Kier molecular flexibility index (Phi) is 5.89. The molecule has 0 aromatic heterocycles. The number of hydrogen-bond donors (Lipinski definition) is 0. The van der Waals surface area contributed by atoms with Crippen LogP contribution >= 0.6 is 12.2 Å². The van der Waals surface area contributed by atoms with Crippen molar-refractivity contribution in [3.8, 4) is 0 Å². The highest BCUT2D eigenvalue weighted by molar-refractivity contribution is 7.84. The number of allylic oxidation sites excluding steroid dienone is 4. The third-order valence-corrected chi connectivity index (χ3v) is 5.63. The molecule has 0 aromatic rings. The van der Waals surface area contributed by atoms with Gasteiger partial charge in [0.2, 0.25) is 0 Å². The third kappa shape index (κ3) is 3.05. The van der Waals surface area contributed by atoms with Crippen LogP contribution in [0, 0.1) is 0 Å². The summed E-state index contributed by atoms with van der Waals surface area (Å²) in [5.74, 6) is -0.234. The summed E-state index contributed by atoms with van der Waals surface area (Å²) in [6.07, 6.45) is 11.6. The van der Waals surface area contributed by atoms with Gasteiger partial charge < -0.3 is 4.90 Å². The van der Waals surface area contributed by atoms with Crippen molar-refractivity contribution in [2.45, 2.75) is 44.6 Å². The molecular formula is C16H22N2O3S2. The van der Waals surface area contributed by atoms with E-state index in [2.05, 4.69) is 6.58 Å². The Balaban J connectivity index is 2.57. The van der Waals surface area contributed by atoms with E-state index in [1.165, 1.54) is 7.11 Å². The molecule has 23 heavy (non-hydrogen) atoms. The average Bonchev–Trinajstić information content (AvgIpc) is 2.75. The maximum atomic E-state index is 13.1. The lowest BCUT2D eigenvalue weighted by molar-refractivity contribution is -0.131. The molecule has 2 fully saturated rings. The van der Waals surface area contributed by atoms with E-state index in [1.807, 2.05) is 30.1 Å². The molecule has 2 rings (SSSR count). The number of hydrogen-bond acceptors (Lipinski definition) is 4. The van der Waals surface area contributed by atoms with Crippen molar-refractivity contribution in [3.63, 3.8) is 0 Å². The van der Waals surface area contributed by atoms with Gasteiger partial charge in [0.1, 0.15) is 5.54 Å². The first-order chi connectivity index (χ1) is 11.0. The molecule has 1 amide bonds. The summed E-state index contributed by atoms with van der Waals surface area (Å²) in [7, 11) is 1.30. The summed E-state index contributed by atoms with van der Waals surface area (Å²) in [6, 6.07) is 0. The summed E-state index contributed by atoms with van der Waals surface area (Å²) < 4.78 is 18.1. The minimum Gasteiger partial charge on any atom is -0.302 e. The van der Waals surface area contributed by atoms with Crippen molar-refractivity contribution in [1.82, 2.24) is 9.21 Å². The van der Waals surface area contributed by atoms with E-state index in [0.717, 1.165) is 29.3 Å². The number of carbonyl (C=O) groups excluding carboxylic acids is 1. The van der Waals surface area contributed by atoms with E-state index in [0.29, 0.717) is 12.8 Å². The predicted octanol–water partition coefficient (Wildman–Crippen LogP) is 2.99. The first kappa shape index (κ1) is 18.0. The lowest BCUT2D eigenvalue weighted by Crippen LogP contribution is -2.50. The average molecular weight is 354 g/mol. The van der Waals surface area contributed by atoms with Crippen LogP contribution in [-0.4, -0.2) is 37.1 Å². The molecule has 1 aliphatic heterocycles. The molecule has 1 saturated carbocycles. The van der Waals surface area contributed by atoms with Crippen LogP contribution in [0.3, 0.4) is 0 Å². The van der Waals surface area contributed by atoms with E-state index < -0.39 is 16.8 Å². The molecule has 1 atom stereocenters. The highest BCUT2D eigenvalue weighted by Gasteiger charge is 2.58. The van der Waals surface area contributed by atoms with Gasteiger partial charge in [-0.05, 0) is 44.1 Å². The first-order valence-corrected chi connectivity index (χ1v) is 9.08. The quantitative estimate of drug-likeness (QED) is 0.561. The molecule has 1 heterocycles. The maximum Gasteiger partial charge on any atom is 0.273 e. The summed E-state index contributed by atoms with van der Waals surface area (Å²) >= 11 is 3.58.